The average Bonchev–Trinajstić information content (AvgIpc) is 2.28. The second-order valence-corrected chi connectivity index (χ2v) is 8.93. The summed E-state index contributed by atoms with van der Waals surface area (Å²) in [7, 11) is 0. The second kappa shape index (κ2) is 7.33. The first-order valence-corrected chi connectivity index (χ1v) is 8.35. The van der Waals surface area contributed by atoms with Gasteiger partial charge in [0.1, 0.15) is 0 Å². The third-order valence-electron chi connectivity index (χ3n) is 3.53. The molecule has 4 heteroatoms. The van der Waals surface area contributed by atoms with Crippen LogP contribution in [0.4, 0.5) is 0 Å². The van der Waals surface area contributed by atoms with Crippen LogP contribution in [0.3, 0.4) is 0 Å². The molecule has 4 nitrogen and oxygen atoms in total. The molecule has 1 aliphatic carbocycles. The highest BCUT2D eigenvalue weighted by molar-refractivity contribution is 5.80. The van der Waals surface area contributed by atoms with E-state index in [-0.39, 0.29) is 34.6 Å². The second-order valence-electron chi connectivity index (χ2n) is 8.93. The Morgan fingerprint density at radius 2 is 1.52 bits per heavy atom. The van der Waals surface area contributed by atoms with Crippen molar-refractivity contribution in [2.75, 3.05) is 0 Å². The van der Waals surface area contributed by atoms with Crippen molar-refractivity contribution in [1.82, 2.24) is 10.6 Å². The van der Waals surface area contributed by atoms with E-state index in [0.29, 0.717) is 12.8 Å². The van der Waals surface area contributed by atoms with Crippen LogP contribution in [0.25, 0.3) is 0 Å². The third kappa shape index (κ3) is 7.49. The number of allylic oxidation sites excluding steroid dienone is 2. The molecule has 2 N–H and O–H groups in total. The van der Waals surface area contributed by atoms with E-state index in [4.69, 9.17) is 0 Å². The third-order valence-corrected chi connectivity index (χ3v) is 3.53. The van der Waals surface area contributed by atoms with Crippen LogP contribution in [0, 0.1) is 16.7 Å². The molecule has 0 spiro atoms. The number of amides is 2. The predicted molar refractivity (Wildman–Crippen MR) is 94.6 cm³/mol. The Bertz CT molecular complexity index is 504. The van der Waals surface area contributed by atoms with Crippen molar-refractivity contribution in [3.63, 3.8) is 0 Å². The van der Waals surface area contributed by atoms with E-state index in [1.165, 1.54) is 0 Å². The van der Waals surface area contributed by atoms with Crippen LogP contribution in [-0.4, -0.2) is 17.9 Å². The summed E-state index contributed by atoms with van der Waals surface area (Å²) in [4.78, 5) is 24.5. The molecule has 0 bridgehead atoms. The van der Waals surface area contributed by atoms with Gasteiger partial charge in [0.25, 0.3) is 0 Å². The van der Waals surface area contributed by atoms with Gasteiger partial charge in [-0.25, -0.2) is 0 Å². The molecule has 1 rings (SSSR count). The number of rotatable bonds is 4. The predicted octanol–water partition coefficient (Wildman–Crippen LogP) is 3.55. The monoisotopic (exact) mass is 320 g/mol. The summed E-state index contributed by atoms with van der Waals surface area (Å²) in [5.41, 5.74) is 0.652. The van der Waals surface area contributed by atoms with E-state index in [1.54, 1.807) is 0 Å². The molecule has 0 heterocycles. The first-order chi connectivity index (χ1) is 10.4. The van der Waals surface area contributed by atoms with E-state index in [9.17, 15) is 9.59 Å². The molecular formula is C19H32N2O2. The molecule has 0 aromatic heterocycles. The largest absolute Gasteiger partial charge is 0.347 e. The van der Waals surface area contributed by atoms with Gasteiger partial charge < -0.3 is 10.6 Å². The quantitative estimate of drug-likeness (QED) is 0.832. The SMILES string of the molecule is CC1C=CC=C(NC(=O)CC(C)(C)C)C1NC(=O)CC(C)(C)C. The summed E-state index contributed by atoms with van der Waals surface area (Å²) < 4.78 is 0. The van der Waals surface area contributed by atoms with Gasteiger partial charge >= 0.3 is 0 Å². The molecule has 23 heavy (non-hydrogen) atoms. The molecule has 0 saturated heterocycles. The van der Waals surface area contributed by atoms with Crippen molar-refractivity contribution in [2.24, 2.45) is 16.7 Å². The lowest BCUT2D eigenvalue weighted by Crippen LogP contribution is -2.47. The van der Waals surface area contributed by atoms with Crippen LogP contribution in [0.15, 0.2) is 23.9 Å². The highest BCUT2D eigenvalue weighted by Gasteiger charge is 2.27. The first-order valence-electron chi connectivity index (χ1n) is 8.35. The van der Waals surface area contributed by atoms with E-state index in [2.05, 4.69) is 10.6 Å². The number of hydrogen-bond acceptors (Lipinski definition) is 2. The molecule has 2 amide bonds. The summed E-state index contributed by atoms with van der Waals surface area (Å²) in [6.07, 6.45) is 6.77. The summed E-state index contributed by atoms with van der Waals surface area (Å²) in [5, 5.41) is 6.05. The molecule has 0 radical (unpaired) electrons. The van der Waals surface area contributed by atoms with Gasteiger partial charge in [0.05, 0.1) is 6.04 Å². The maximum Gasteiger partial charge on any atom is 0.224 e. The maximum atomic E-state index is 12.3. The molecule has 0 aromatic rings. The van der Waals surface area contributed by atoms with E-state index in [0.717, 1.165) is 5.70 Å². The first kappa shape index (κ1) is 19.5. The Balaban J connectivity index is 2.75. The minimum atomic E-state index is -0.182. The van der Waals surface area contributed by atoms with Gasteiger partial charge in [-0.1, -0.05) is 60.6 Å². The lowest BCUT2D eigenvalue weighted by Gasteiger charge is -2.30. The lowest BCUT2D eigenvalue weighted by molar-refractivity contribution is -0.125. The number of nitrogens with one attached hydrogen (secondary N) is 2. The summed E-state index contributed by atoms with van der Waals surface area (Å²) >= 11 is 0. The minimum Gasteiger partial charge on any atom is -0.347 e. The van der Waals surface area contributed by atoms with Crippen LogP contribution < -0.4 is 10.6 Å². The molecule has 2 atom stereocenters. The van der Waals surface area contributed by atoms with Gasteiger partial charge in [-0.2, -0.15) is 0 Å². The molecule has 0 aromatic carbocycles. The zero-order chi connectivity index (χ0) is 17.8. The maximum absolute atomic E-state index is 12.3. The smallest absolute Gasteiger partial charge is 0.224 e. The standard InChI is InChI=1S/C19H32N2O2/c1-13-9-8-10-14(20-15(22)11-18(2,3)4)17(13)21-16(23)12-19(5,6)7/h8-10,13,17H,11-12H2,1-7H3,(H,20,22)(H,21,23). The van der Waals surface area contributed by atoms with Crippen LogP contribution in [0.1, 0.15) is 61.3 Å². The van der Waals surface area contributed by atoms with Crippen molar-refractivity contribution >= 4 is 11.8 Å². The zero-order valence-electron chi connectivity index (χ0n) is 15.6. The number of hydrogen-bond donors (Lipinski definition) is 2. The van der Waals surface area contributed by atoms with Crippen LogP contribution in [0.5, 0.6) is 0 Å². The Kier molecular flexibility index (Phi) is 6.20. The lowest BCUT2D eigenvalue weighted by atomic mass is 9.89. The molecule has 0 saturated carbocycles. The van der Waals surface area contributed by atoms with Gasteiger partial charge in [-0.3, -0.25) is 9.59 Å². The van der Waals surface area contributed by atoms with E-state index >= 15 is 0 Å². The number of carbonyl (C=O) groups is 2. The van der Waals surface area contributed by atoms with E-state index in [1.807, 2.05) is 66.7 Å². The Labute approximate surface area is 140 Å². The number of carbonyl (C=O) groups excluding carboxylic acids is 2. The zero-order valence-corrected chi connectivity index (χ0v) is 15.6. The fourth-order valence-corrected chi connectivity index (χ4v) is 2.55. The molecule has 0 fully saturated rings. The Morgan fingerprint density at radius 3 is 2.04 bits per heavy atom. The fourth-order valence-electron chi connectivity index (χ4n) is 2.55. The minimum absolute atomic E-state index is 0.0127. The summed E-state index contributed by atoms with van der Waals surface area (Å²) in [6.45, 7) is 14.3. The highest BCUT2D eigenvalue weighted by atomic mass is 16.2. The molecular weight excluding hydrogens is 288 g/mol. The molecule has 2 unspecified atom stereocenters. The van der Waals surface area contributed by atoms with E-state index < -0.39 is 0 Å². The summed E-state index contributed by atoms with van der Waals surface area (Å²) in [6, 6.07) is -0.182. The van der Waals surface area contributed by atoms with Crippen molar-refractivity contribution in [2.45, 2.75) is 67.3 Å². The Hall–Kier alpha value is -1.58. The topological polar surface area (TPSA) is 58.2 Å². The van der Waals surface area contributed by atoms with Crippen molar-refractivity contribution in [3.8, 4) is 0 Å². The van der Waals surface area contributed by atoms with Gasteiger partial charge in [0.2, 0.25) is 11.8 Å². The van der Waals surface area contributed by atoms with Gasteiger partial charge in [-0.15, -0.1) is 0 Å². The van der Waals surface area contributed by atoms with Gasteiger partial charge in [0.15, 0.2) is 0 Å². The molecule has 130 valence electrons. The fraction of sp³-hybridized carbons (Fsp3) is 0.684. The van der Waals surface area contributed by atoms with Gasteiger partial charge in [0, 0.05) is 24.5 Å². The van der Waals surface area contributed by atoms with Crippen molar-refractivity contribution in [1.29, 1.82) is 0 Å². The van der Waals surface area contributed by atoms with Crippen LogP contribution in [-0.2, 0) is 9.59 Å². The van der Waals surface area contributed by atoms with Crippen LogP contribution >= 0.6 is 0 Å². The summed E-state index contributed by atoms with van der Waals surface area (Å²) in [5.74, 6) is 0.149. The van der Waals surface area contributed by atoms with Crippen molar-refractivity contribution < 1.29 is 9.59 Å². The normalized spacial score (nSPS) is 21.6. The molecule has 0 aliphatic heterocycles. The van der Waals surface area contributed by atoms with Gasteiger partial charge in [-0.05, 0) is 16.9 Å². The van der Waals surface area contributed by atoms with Crippen molar-refractivity contribution in [3.05, 3.63) is 23.9 Å². The van der Waals surface area contributed by atoms with Crippen LogP contribution in [0.2, 0.25) is 0 Å². The molecule has 1 aliphatic rings. The Morgan fingerprint density at radius 1 is 1.00 bits per heavy atom. The highest BCUT2D eigenvalue weighted by Crippen LogP contribution is 2.22. The average molecular weight is 320 g/mol.